The molecule has 180 valence electrons. The zero-order chi connectivity index (χ0) is 25.4. The maximum atomic E-state index is 13.7. The van der Waals surface area contributed by atoms with Crippen molar-refractivity contribution in [1.82, 2.24) is 0 Å². The monoisotopic (exact) mass is 500 g/mol. The lowest BCUT2D eigenvalue weighted by Crippen LogP contribution is -2.25. The van der Waals surface area contributed by atoms with Crippen molar-refractivity contribution in [2.45, 2.75) is 5.75 Å². The highest BCUT2D eigenvalue weighted by Gasteiger charge is 2.37. The zero-order valence-corrected chi connectivity index (χ0v) is 19.6. The van der Waals surface area contributed by atoms with Crippen LogP contribution in [0.15, 0.2) is 84.9 Å². The Balaban J connectivity index is 1.57. The van der Waals surface area contributed by atoms with E-state index in [1.807, 2.05) is 0 Å². The normalized spacial score (nSPS) is 12.6. The maximum Gasteiger partial charge on any atom is 0.236 e. The number of carbonyl (C=O) groups excluding carboxylic acids is 2. The Morgan fingerprint density at radius 3 is 2.17 bits per heavy atom. The first-order valence-electron chi connectivity index (χ1n) is 10.9. The highest BCUT2D eigenvalue weighted by molar-refractivity contribution is 7.91. The molecule has 0 heterocycles. The Kier molecular flexibility index (Phi) is 5.69. The molecule has 0 aliphatic heterocycles. The number of phenolic OH excluding ortho intramolecular Hbond substituents is 1. The minimum Gasteiger partial charge on any atom is -0.507 e. The molecule has 9 heteroatoms. The van der Waals surface area contributed by atoms with Gasteiger partial charge in [0.2, 0.25) is 10.0 Å². The van der Waals surface area contributed by atoms with Crippen LogP contribution in [0.5, 0.6) is 17.2 Å². The number of ketones is 2. The predicted molar refractivity (Wildman–Crippen MR) is 135 cm³/mol. The lowest BCUT2D eigenvalue weighted by molar-refractivity contribution is 0.0977. The number of aromatic hydroxyl groups is 1. The third-order valence-corrected chi connectivity index (χ3v) is 6.98. The first-order valence-corrected chi connectivity index (χ1v) is 12.6. The van der Waals surface area contributed by atoms with Crippen LogP contribution in [-0.4, -0.2) is 25.1 Å². The van der Waals surface area contributed by atoms with Crippen LogP contribution in [0.3, 0.4) is 0 Å². The zero-order valence-electron chi connectivity index (χ0n) is 18.8. The van der Waals surface area contributed by atoms with E-state index < -0.39 is 27.3 Å². The van der Waals surface area contributed by atoms with Gasteiger partial charge in [-0.15, -0.1) is 0 Å². The summed E-state index contributed by atoms with van der Waals surface area (Å²) < 4.78 is 33.9. The van der Waals surface area contributed by atoms with Gasteiger partial charge in [0, 0.05) is 11.6 Å². The number of fused-ring (bicyclic) bond motifs is 2. The summed E-state index contributed by atoms with van der Waals surface area (Å²) in [5, 5.41) is 10.7. The van der Waals surface area contributed by atoms with Crippen molar-refractivity contribution in [2.24, 2.45) is 0 Å². The van der Waals surface area contributed by atoms with Crippen molar-refractivity contribution >= 4 is 33.0 Å². The van der Waals surface area contributed by atoms with Crippen LogP contribution in [0.25, 0.3) is 0 Å². The summed E-state index contributed by atoms with van der Waals surface area (Å²) >= 11 is 0. The van der Waals surface area contributed by atoms with E-state index in [0.29, 0.717) is 11.3 Å². The fourth-order valence-electron chi connectivity index (χ4n) is 4.15. The highest BCUT2D eigenvalue weighted by atomic mass is 32.2. The molecule has 8 nitrogen and oxygen atoms in total. The number of hydrogen-bond donors (Lipinski definition) is 3. The molecular formula is C27H20N2O6S. The third-order valence-electron chi connectivity index (χ3n) is 5.74. The summed E-state index contributed by atoms with van der Waals surface area (Å²) in [6.45, 7) is 0. The number of phenols is 1. The second-order valence-electron chi connectivity index (χ2n) is 8.21. The molecule has 0 saturated heterocycles. The van der Waals surface area contributed by atoms with Crippen molar-refractivity contribution < 1.29 is 27.9 Å². The Morgan fingerprint density at radius 1 is 0.806 bits per heavy atom. The van der Waals surface area contributed by atoms with Crippen LogP contribution in [-0.2, 0) is 15.8 Å². The van der Waals surface area contributed by atoms with E-state index in [0.717, 1.165) is 0 Å². The number of ether oxygens (including phenoxy) is 1. The van der Waals surface area contributed by atoms with E-state index in [2.05, 4.69) is 4.72 Å². The number of para-hydroxylation sites is 1. The molecule has 0 radical (unpaired) electrons. The van der Waals surface area contributed by atoms with Gasteiger partial charge >= 0.3 is 0 Å². The van der Waals surface area contributed by atoms with E-state index in [1.54, 1.807) is 60.7 Å². The van der Waals surface area contributed by atoms with Crippen LogP contribution in [0, 0.1) is 0 Å². The average Bonchev–Trinajstić information content (AvgIpc) is 2.85. The summed E-state index contributed by atoms with van der Waals surface area (Å²) in [7, 11) is -3.93. The molecule has 36 heavy (non-hydrogen) atoms. The predicted octanol–water partition coefficient (Wildman–Crippen LogP) is 4.48. The number of nitrogens with two attached hydrogens (primary N) is 1. The maximum absolute atomic E-state index is 13.7. The van der Waals surface area contributed by atoms with E-state index >= 15 is 0 Å². The van der Waals surface area contributed by atoms with Gasteiger partial charge in [0.25, 0.3) is 0 Å². The molecule has 0 spiro atoms. The molecule has 5 rings (SSSR count). The summed E-state index contributed by atoms with van der Waals surface area (Å²) in [5.41, 5.74) is 5.94. The van der Waals surface area contributed by atoms with Crippen LogP contribution in [0.1, 0.15) is 37.4 Å². The Morgan fingerprint density at radius 2 is 1.47 bits per heavy atom. The molecule has 1 aliphatic carbocycles. The number of nitrogen functional groups attached to an aromatic ring is 1. The van der Waals surface area contributed by atoms with Gasteiger partial charge in [-0.2, -0.15) is 0 Å². The summed E-state index contributed by atoms with van der Waals surface area (Å²) in [6, 6.07) is 22.6. The molecular weight excluding hydrogens is 480 g/mol. The number of hydrogen-bond acceptors (Lipinski definition) is 7. The number of anilines is 2. The fraction of sp³-hybridized carbons (Fsp3) is 0.0370. The standard InChI is InChI=1S/C27H20N2O6S/c28-25-21(35-17-10-5-2-6-11-17)14-20(30)23-24(25)27(32)22-18(26(23)31)12-7-13-19(22)29-36(33,34)15-16-8-3-1-4-9-16/h1-14,29-30H,15,28H2. The van der Waals surface area contributed by atoms with Gasteiger partial charge in [0.15, 0.2) is 17.3 Å². The smallest absolute Gasteiger partial charge is 0.236 e. The van der Waals surface area contributed by atoms with Crippen LogP contribution in [0.2, 0.25) is 0 Å². The van der Waals surface area contributed by atoms with Gasteiger partial charge in [-0.05, 0) is 23.8 Å². The van der Waals surface area contributed by atoms with Crippen LogP contribution in [0.4, 0.5) is 11.4 Å². The second kappa shape index (κ2) is 8.86. The lowest BCUT2D eigenvalue weighted by Gasteiger charge is -2.23. The molecule has 4 N–H and O–H groups in total. The fourth-order valence-corrected chi connectivity index (χ4v) is 5.36. The Bertz CT molecular complexity index is 1620. The molecule has 1 aliphatic rings. The van der Waals surface area contributed by atoms with Gasteiger partial charge in [0.05, 0.1) is 33.8 Å². The summed E-state index contributed by atoms with van der Waals surface area (Å²) in [6.07, 6.45) is 0. The van der Waals surface area contributed by atoms with E-state index in [-0.39, 0.29) is 45.1 Å². The van der Waals surface area contributed by atoms with Gasteiger partial charge in [-0.1, -0.05) is 60.7 Å². The highest BCUT2D eigenvalue weighted by Crippen LogP contribution is 2.44. The van der Waals surface area contributed by atoms with Crippen LogP contribution >= 0.6 is 0 Å². The minimum atomic E-state index is -3.93. The molecule has 0 unspecified atom stereocenters. The summed E-state index contributed by atoms with van der Waals surface area (Å²) in [5.74, 6) is -1.75. The van der Waals surface area contributed by atoms with Gasteiger partial charge in [-0.3, -0.25) is 14.3 Å². The molecule has 0 aromatic heterocycles. The minimum absolute atomic E-state index is 0.0100. The lowest BCUT2D eigenvalue weighted by atomic mass is 9.81. The molecule has 0 bridgehead atoms. The molecule has 0 fully saturated rings. The van der Waals surface area contributed by atoms with Crippen molar-refractivity contribution in [3.63, 3.8) is 0 Å². The third kappa shape index (κ3) is 4.16. The molecule has 0 saturated carbocycles. The summed E-state index contributed by atoms with van der Waals surface area (Å²) in [4.78, 5) is 27.0. The van der Waals surface area contributed by atoms with Crippen molar-refractivity contribution in [1.29, 1.82) is 0 Å². The van der Waals surface area contributed by atoms with Crippen molar-refractivity contribution in [3.05, 3.63) is 113 Å². The molecule has 4 aromatic carbocycles. The molecule has 0 amide bonds. The Hall–Kier alpha value is -4.63. The first kappa shape index (κ1) is 23.1. The number of benzene rings is 4. The van der Waals surface area contributed by atoms with Crippen molar-refractivity contribution in [2.75, 3.05) is 10.5 Å². The largest absolute Gasteiger partial charge is 0.507 e. The van der Waals surface area contributed by atoms with Gasteiger partial charge < -0.3 is 15.6 Å². The molecule has 0 atom stereocenters. The van der Waals surface area contributed by atoms with Crippen molar-refractivity contribution in [3.8, 4) is 17.2 Å². The average molecular weight is 501 g/mol. The van der Waals surface area contributed by atoms with Crippen LogP contribution < -0.4 is 15.2 Å². The SMILES string of the molecule is Nc1c(Oc2ccccc2)cc(O)c2c1C(=O)c1c(NS(=O)(=O)Cc3ccccc3)cccc1C2=O. The molecule has 4 aromatic rings. The van der Waals surface area contributed by atoms with E-state index in [9.17, 15) is 23.1 Å². The van der Waals surface area contributed by atoms with Gasteiger partial charge in [-0.25, -0.2) is 8.42 Å². The van der Waals surface area contributed by atoms with E-state index in [4.69, 9.17) is 10.5 Å². The van der Waals surface area contributed by atoms with Gasteiger partial charge in [0.1, 0.15) is 11.5 Å². The first-order chi connectivity index (χ1) is 17.2. The number of carbonyl (C=O) groups is 2. The Labute approximate surface area is 207 Å². The second-order valence-corrected chi connectivity index (χ2v) is 9.93. The number of nitrogens with one attached hydrogen (secondary N) is 1. The number of sulfonamides is 1. The quantitative estimate of drug-likeness (QED) is 0.231. The van der Waals surface area contributed by atoms with E-state index in [1.165, 1.54) is 24.3 Å². The number of rotatable bonds is 6. The topological polar surface area (TPSA) is 136 Å².